The molecular weight excluding hydrogens is 273 g/mol. The standard InChI is InChI=1S/C14H14BNO3S/c17-15-14-8-11(5-4-10(14)6-7-18-15)16-19-12-2-1-3-13(20)9-12/h1-5,8-9,16-17,20H,6-7H2. The first-order valence-electron chi connectivity index (χ1n) is 6.37. The molecule has 3 rings (SSSR count). The highest BCUT2D eigenvalue weighted by Gasteiger charge is 2.24. The summed E-state index contributed by atoms with van der Waals surface area (Å²) < 4.78 is 5.21. The summed E-state index contributed by atoms with van der Waals surface area (Å²) in [4.78, 5) is 6.31. The van der Waals surface area contributed by atoms with Gasteiger partial charge in [-0.1, -0.05) is 12.1 Å². The molecule has 0 saturated carbocycles. The lowest BCUT2D eigenvalue weighted by atomic mass is 9.73. The zero-order valence-corrected chi connectivity index (χ0v) is 11.6. The van der Waals surface area contributed by atoms with Crippen molar-refractivity contribution in [3.05, 3.63) is 48.0 Å². The van der Waals surface area contributed by atoms with Crippen LogP contribution in [-0.4, -0.2) is 18.7 Å². The van der Waals surface area contributed by atoms with Crippen molar-refractivity contribution in [3.8, 4) is 5.75 Å². The van der Waals surface area contributed by atoms with Crippen LogP contribution in [0.25, 0.3) is 0 Å². The highest BCUT2D eigenvalue weighted by Crippen LogP contribution is 2.17. The van der Waals surface area contributed by atoms with Crippen LogP contribution in [-0.2, 0) is 11.1 Å². The Morgan fingerprint density at radius 1 is 1.25 bits per heavy atom. The second-order valence-electron chi connectivity index (χ2n) is 4.59. The normalized spacial score (nSPS) is 13.8. The van der Waals surface area contributed by atoms with Gasteiger partial charge in [0.25, 0.3) is 0 Å². The number of rotatable bonds is 3. The summed E-state index contributed by atoms with van der Waals surface area (Å²) in [6.07, 6.45) is 0.815. The van der Waals surface area contributed by atoms with Crippen LogP contribution in [0.1, 0.15) is 5.56 Å². The van der Waals surface area contributed by atoms with Gasteiger partial charge in [0.15, 0.2) is 5.75 Å². The molecule has 0 saturated heterocycles. The Morgan fingerprint density at radius 2 is 2.15 bits per heavy atom. The smallest absolute Gasteiger partial charge is 0.423 e. The predicted octanol–water partition coefficient (Wildman–Crippen LogP) is 1.64. The summed E-state index contributed by atoms with van der Waals surface area (Å²) in [5, 5.41) is 9.81. The van der Waals surface area contributed by atoms with Gasteiger partial charge in [0.2, 0.25) is 0 Å². The molecule has 1 aliphatic rings. The number of hydrogen-bond acceptors (Lipinski definition) is 5. The van der Waals surface area contributed by atoms with Gasteiger partial charge in [-0.2, -0.15) is 0 Å². The van der Waals surface area contributed by atoms with Gasteiger partial charge in [-0.3, -0.25) is 0 Å². The van der Waals surface area contributed by atoms with Crippen LogP contribution in [0.2, 0.25) is 0 Å². The Bertz CT molecular complexity index is 623. The van der Waals surface area contributed by atoms with Gasteiger partial charge < -0.3 is 14.5 Å². The number of nitrogens with one attached hydrogen (secondary N) is 1. The van der Waals surface area contributed by atoms with Crippen LogP contribution in [0.5, 0.6) is 5.75 Å². The molecule has 0 spiro atoms. The number of benzene rings is 2. The van der Waals surface area contributed by atoms with Gasteiger partial charge in [0.1, 0.15) is 0 Å². The van der Waals surface area contributed by atoms with Crippen LogP contribution >= 0.6 is 12.6 Å². The van der Waals surface area contributed by atoms with Crippen molar-refractivity contribution in [1.82, 2.24) is 0 Å². The molecule has 2 aromatic rings. The maximum Gasteiger partial charge on any atom is 0.491 e. The molecule has 0 unspecified atom stereocenters. The van der Waals surface area contributed by atoms with Crippen LogP contribution in [0.15, 0.2) is 47.4 Å². The fourth-order valence-corrected chi connectivity index (χ4v) is 2.36. The first-order valence-corrected chi connectivity index (χ1v) is 6.81. The molecule has 6 heteroatoms. The Hall–Kier alpha value is -1.63. The molecule has 0 aliphatic carbocycles. The van der Waals surface area contributed by atoms with Crippen molar-refractivity contribution >= 4 is 30.9 Å². The van der Waals surface area contributed by atoms with Gasteiger partial charge in [-0.05, 0) is 47.8 Å². The summed E-state index contributed by atoms with van der Waals surface area (Å²) >= 11 is 4.25. The highest BCUT2D eigenvalue weighted by molar-refractivity contribution is 7.80. The summed E-state index contributed by atoms with van der Waals surface area (Å²) in [7, 11) is -0.860. The largest absolute Gasteiger partial charge is 0.491 e. The molecule has 0 radical (unpaired) electrons. The first kappa shape index (κ1) is 13.4. The minimum Gasteiger partial charge on any atom is -0.423 e. The summed E-state index contributed by atoms with van der Waals surface area (Å²) in [5.41, 5.74) is 5.51. The third-order valence-corrected chi connectivity index (χ3v) is 3.44. The third-order valence-electron chi connectivity index (χ3n) is 3.16. The summed E-state index contributed by atoms with van der Waals surface area (Å²) in [5.74, 6) is 0.673. The average Bonchev–Trinajstić information content (AvgIpc) is 2.46. The monoisotopic (exact) mass is 287 g/mol. The minimum atomic E-state index is -0.860. The van der Waals surface area contributed by atoms with Crippen LogP contribution in [0.4, 0.5) is 5.69 Å². The van der Waals surface area contributed by atoms with E-state index in [-0.39, 0.29) is 0 Å². The van der Waals surface area contributed by atoms with E-state index in [1.165, 1.54) is 0 Å². The second kappa shape index (κ2) is 5.79. The van der Waals surface area contributed by atoms with Crippen molar-refractivity contribution in [2.24, 2.45) is 0 Å². The first-order chi connectivity index (χ1) is 9.72. The lowest BCUT2D eigenvalue weighted by Gasteiger charge is -2.20. The fourth-order valence-electron chi connectivity index (χ4n) is 2.15. The maximum absolute atomic E-state index is 9.81. The molecule has 0 aromatic heterocycles. The lowest BCUT2D eigenvalue weighted by Crippen LogP contribution is -2.41. The van der Waals surface area contributed by atoms with E-state index in [9.17, 15) is 5.02 Å². The molecule has 0 bridgehead atoms. The number of anilines is 1. The quantitative estimate of drug-likeness (QED) is 0.456. The molecule has 102 valence electrons. The van der Waals surface area contributed by atoms with E-state index < -0.39 is 7.12 Å². The van der Waals surface area contributed by atoms with Crippen molar-refractivity contribution < 1.29 is 14.5 Å². The predicted molar refractivity (Wildman–Crippen MR) is 81.6 cm³/mol. The van der Waals surface area contributed by atoms with E-state index >= 15 is 0 Å². The molecule has 2 aromatic carbocycles. The molecule has 1 heterocycles. The van der Waals surface area contributed by atoms with E-state index in [1.54, 1.807) is 0 Å². The van der Waals surface area contributed by atoms with E-state index in [1.807, 2.05) is 42.5 Å². The Kier molecular flexibility index (Phi) is 3.87. The van der Waals surface area contributed by atoms with Crippen molar-refractivity contribution in [1.29, 1.82) is 0 Å². The maximum atomic E-state index is 9.81. The van der Waals surface area contributed by atoms with E-state index in [4.69, 9.17) is 9.49 Å². The zero-order valence-electron chi connectivity index (χ0n) is 10.7. The molecule has 1 aliphatic heterocycles. The van der Waals surface area contributed by atoms with Crippen molar-refractivity contribution in [2.45, 2.75) is 11.3 Å². The molecule has 2 N–H and O–H groups in total. The Morgan fingerprint density at radius 3 is 3.00 bits per heavy atom. The number of thiol groups is 1. The fraction of sp³-hybridized carbons (Fsp3) is 0.143. The van der Waals surface area contributed by atoms with E-state index in [2.05, 4.69) is 18.1 Å². The van der Waals surface area contributed by atoms with E-state index in [0.29, 0.717) is 12.4 Å². The Balaban J connectivity index is 1.73. The third kappa shape index (κ3) is 2.93. The molecular formula is C14H14BNO3S. The lowest BCUT2D eigenvalue weighted by molar-refractivity contribution is 0.266. The second-order valence-corrected chi connectivity index (χ2v) is 5.10. The van der Waals surface area contributed by atoms with Gasteiger partial charge in [-0.25, -0.2) is 5.48 Å². The zero-order chi connectivity index (χ0) is 13.9. The SMILES string of the molecule is OB1OCCc2ccc(NOc3cccc(S)c3)cc21. The highest BCUT2D eigenvalue weighted by atomic mass is 32.1. The van der Waals surface area contributed by atoms with E-state index in [0.717, 1.165) is 28.0 Å². The van der Waals surface area contributed by atoms with Crippen molar-refractivity contribution in [3.63, 3.8) is 0 Å². The van der Waals surface area contributed by atoms with Gasteiger partial charge in [0.05, 0.1) is 5.69 Å². The molecule has 4 nitrogen and oxygen atoms in total. The van der Waals surface area contributed by atoms with Crippen LogP contribution in [0.3, 0.4) is 0 Å². The molecule has 0 amide bonds. The number of hydrogen-bond donors (Lipinski definition) is 3. The van der Waals surface area contributed by atoms with Gasteiger partial charge in [-0.15, -0.1) is 12.6 Å². The molecule has 0 fully saturated rings. The Labute approximate surface area is 123 Å². The van der Waals surface area contributed by atoms with Crippen LogP contribution in [0, 0.1) is 0 Å². The molecule has 0 atom stereocenters. The van der Waals surface area contributed by atoms with Gasteiger partial charge in [0, 0.05) is 11.5 Å². The van der Waals surface area contributed by atoms with Gasteiger partial charge >= 0.3 is 7.12 Å². The topological polar surface area (TPSA) is 50.7 Å². The summed E-state index contributed by atoms with van der Waals surface area (Å²) in [6, 6.07) is 13.1. The summed E-state index contributed by atoms with van der Waals surface area (Å²) in [6.45, 7) is 0.548. The minimum absolute atomic E-state index is 0.548. The average molecular weight is 287 g/mol. The van der Waals surface area contributed by atoms with Crippen LogP contribution < -0.4 is 15.8 Å². The number of fused-ring (bicyclic) bond motifs is 1. The van der Waals surface area contributed by atoms with Crippen molar-refractivity contribution in [2.75, 3.05) is 12.1 Å². The molecule has 20 heavy (non-hydrogen) atoms.